The smallest absolute Gasteiger partial charge is 0.273 e. The van der Waals surface area contributed by atoms with Gasteiger partial charge in [0.1, 0.15) is 0 Å². The zero-order chi connectivity index (χ0) is 11.5. The quantitative estimate of drug-likeness (QED) is 0.413. The van der Waals surface area contributed by atoms with Crippen molar-refractivity contribution in [3.8, 4) is 0 Å². The summed E-state index contributed by atoms with van der Waals surface area (Å²) in [5.41, 5.74) is 13.7. The second kappa shape index (κ2) is 4.18. The normalized spacial score (nSPS) is 15.9. The fraction of sp³-hybridized carbons (Fsp3) is 0.167. The van der Waals surface area contributed by atoms with Crippen LogP contribution in [0.3, 0.4) is 0 Å². The molecule has 1 aliphatic rings. The monoisotopic (exact) mass is 215 g/mol. The van der Waals surface area contributed by atoms with E-state index >= 15 is 0 Å². The van der Waals surface area contributed by atoms with E-state index in [0.717, 1.165) is 24.0 Å². The summed E-state index contributed by atoms with van der Waals surface area (Å²) in [5.74, 6) is -0.597. The standard InChI is InChI=1S/C12H13N3O/c13-12(14)15-11(16)7-9-6-5-8-3-1-2-4-10(8)9/h1-4,7H,5-6H2,(H4,13,14,15,16)/b9-7+. The van der Waals surface area contributed by atoms with E-state index < -0.39 is 5.91 Å². The number of allylic oxidation sites excluding steroid dienone is 1. The van der Waals surface area contributed by atoms with Crippen LogP contribution in [0.4, 0.5) is 0 Å². The Hall–Kier alpha value is -2.10. The van der Waals surface area contributed by atoms with Gasteiger partial charge < -0.3 is 11.5 Å². The zero-order valence-electron chi connectivity index (χ0n) is 8.81. The van der Waals surface area contributed by atoms with E-state index in [1.165, 1.54) is 11.6 Å². The maximum atomic E-state index is 11.4. The molecule has 82 valence electrons. The number of rotatable bonds is 1. The van der Waals surface area contributed by atoms with Gasteiger partial charge in [0.2, 0.25) is 0 Å². The first-order valence-corrected chi connectivity index (χ1v) is 5.09. The van der Waals surface area contributed by atoms with Crippen LogP contribution in [-0.2, 0) is 11.2 Å². The molecule has 0 unspecified atom stereocenters. The Morgan fingerprint density at radius 2 is 2.00 bits per heavy atom. The van der Waals surface area contributed by atoms with Gasteiger partial charge in [0.15, 0.2) is 5.96 Å². The molecule has 4 nitrogen and oxygen atoms in total. The SMILES string of the molecule is NC(N)=NC(=O)/C=C1\CCc2ccccc21. The van der Waals surface area contributed by atoms with E-state index in [4.69, 9.17) is 11.5 Å². The van der Waals surface area contributed by atoms with Crippen LogP contribution in [0.5, 0.6) is 0 Å². The van der Waals surface area contributed by atoms with Gasteiger partial charge in [-0.1, -0.05) is 24.3 Å². The van der Waals surface area contributed by atoms with E-state index in [9.17, 15) is 4.79 Å². The number of nitrogens with zero attached hydrogens (tertiary/aromatic N) is 1. The highest BCUT2D eigenvalue weighted by molar-refractivity contribution is 6.02. The third kappa shape index (κ3) is 2.11. The highest BCUT2D eigenvalue weighted by atomic mass is 16.1. The molecule has 0 fully saturated rings. The first kappa shape index (κ1) is 10.4. The summed E-state index contributed by atoms with van der Waals surface area (Å²) < 4.78 is 0. The molecule has 16 heavy (non-hydrogen) atoms. The lowest BCUT2D eigenvalue weighted by molar-refractivity contribution is -0.113. The number of hydrogen-bond donors (Lipinski definition) is 2. The number of benzene rings is 1. The highest BCUT2D eigenvalue weighted by Gasteiger charge is 2.15. The van der Waals surface area contributed by atoms with Crippen LogP contribution in [-0.4, -0.2) is 11.9 Å². The molecule has 4 heteroatoms. The van der Waals surface area contributed by atoms with Gasteiger partial charge in [-0.3, -0.25) is 4.79 Å². The molecule has 0 aliphatic heterocycles. The third-order valence-corrected chi connectivity index (χ3v) is 2.56. The number of aliphatic imine (C=N–C) groups is 1. The number of amides is 1. The summed E-state index contributed by atoms with van der Waals surface area (Å²) >= 11 is 0. The van der Waals surface area contributed by atoms with Gasteiger partial charge in [0, 0.05) is 6.08 Å². The van der Waals surface area contributed by atoms with Crippen LogP contribution in [0.15, 0.2) is 35.3 Å². The lowest BCUT2D eigenvalue weighted by Crippen LogP contribution is -2.23. The van der Waals surface area contributed by atoms with Gasteiger partial charge in [-0.05, 0) is 29.5 Å². The van der Waals surface area contributed by atoms with E-state index in [0.29, 0.717) is 0 Å². The lowest BCUT2D eigenvalue weighted by Gasteiger charge is -1.98. The fourth-order valence-electron chi connectivity index (χ4n) is 1.91. The van der Waals surface area contributed by atoms with Gasteiger partial charge >= 0.3 is 0 Å². The Bertz CT molecular complexity index is 485. The number of carbonyl (C=O) groups is 1. The van der Waals surface area contributed by atoms with Crippen molar-refractivity contribution in [2.45, 2.75) is 12.8 Å². The molecule has 1 aliphatic carbocycles. The average Bonchev–Trinajstić information content (AvgIpc) is 2.61. The molecule has 0 heterocycles. The fourth-order valence-corrected chi connectivity index (χ4v) is 1.91. The number of carbonyl (C=O) groups excluding carboxylic acids is 1. The maximum absolute atomic E-state index is 11.4. The summed E-state index contributed by atoms with van der Waals surface area (Å²) in [5, 5.41) is 0. The van der Waals surface area contributed by atoms with Crippen LogP contribution >= 0.6 is 0 Å². The van der Waals surface area contributed by atoms with E-state index in [-0.39, 0.29) is 5.96 Å². The summed E-state index contributed by atoms with van der Waals surface area (Å²) in [6.07, 6.45) is 3.34. The summed E-state index contributed by atoms with van der Waals surface area (Å²) in [4.78, 5) is 14.9. The van der Waals surface area contributed by atoms with E-state index in [1.807, 2.05) is 18.2 Å². The number of hydrogen-bond acceptors (Lipinski definition) is 1. The van der Waals surface area contributed by atoms with Crippen LogP contribution < -0.4 is 11.5 Å². The molecule has 1 aromatic carbocycles. The van der Waals surface area contributed by atoms with Crippen molar-refractivity contribution in [2.24, 2.45) is 16.5 Å². The van der Waals surface area contributed by atoms with Crippen molar-refractivity contribution in [3.63, 3.8) is 0 Å². The van der Waals surface area contributed by atoms with Crippen molar-refractivity contribution in [3.05, 3.63) is 41.5 Å². The summed E-state index contributed by atoms with van der Waals surface area (Å²) in [6.45, 7) is 0. The van der Waals surface area contributed by atoms with Crippen LogP contribution in [0.1, 0.15) is 17.5 Å². The predicted molar refractivity (Wildman–Crippen MR) is 63.6 cm³/mol. The van der Waals surface area contributed by atoms with Gasteiger partial charge in [-0.25, -0.2) is 0 Å². The molecule has 0 spiro atoms. The molecule has 0 bridgehead atoms. The minimum absolute atomic E-state index is 0.201. The first-order chi connectivity index (χ1) is 7.66. The molecule has 0 saturated heterocycles. The van der Waals surface area contributed by atoms with Crippen molar-refractivity contribution in [2.75, 3.05) is 0 Å². The summed E-state index contributed by atoms with van der Waals surface area (Å²) in [7, 11) is 0. The molecule has 0 radical (unpaired) electrons. The maximum Gasteiger partial charge on any atom is 0.273 e. The van der Waals surface area contributed by atoms with Crippen LogP contribution in [0, 0.1) is 0 Å². The molecule has 1 aromatic rings. The average molecular weight is 215 g/mol. The largest absolute Gasteiger partial charge is 0.370 e. The minimum Gasteiger partial charge on any atom is -0.370 e. The number of nitrogens with two attached hydrogens (primary N) is 2. The summed E-state index contributed by atoms with van der Waals surface area (Å²) in [6, 6.07) is 8.04. The molecule has 0 atom stereocenters. The lowest BCUT2D eigenvalue weighted by atomic mass is 10.1. The number of fused-ring (bicyclic) bond motifs is 1. The van der Waals surface area contributed by atoms with Crippen molar-refractivity contribution in [1.29, 1.82) is 0 Å². The van der Waals surface area contributed by atoms with Crippen molar-refractivity contribution in [1.82, 2.24) is 0 Å². The van der Waals surface area contributed by atoms with Gasteiger partial charge in [0.05, 0.1) is 0 Å². The third-order valence-electron chi connectivity index (χ3n) is 2.56. The first-order valence-electron chi connectivity index (χ1n) is 5.09. The van der Waals surface area contributed by atoms with Crippen LogP contribution in [0.2, 0.25) is 0 Å². The highest BCUT2D eigenvalue weighted by Crippen LogP contribution is 2.31. The molecular weight excluding hydrogens is 202 g/mol. The Labute approximate surface area is 93.7 Å². The van der Waals surface area contributed by atoms with Gasteiger partial charge in [-0.2, -0.15) is 4.99 Å². The predicted octanol–water partition coefficient (Wildman–Crippen LogP) is 0.816. The van der Waals surface area contributed by atoms with Gasteiger partial charge in [0.25, 0.3) is 5.91 Å². The number of guanidine groups is 1. The molecule has 2 rings (SSSR count). The van der Waals surface area contributed by atoms with Crippen molar-refractivity contribution < 1.29 is 4.79 Å². The minimum atomic E-state index is -0.397. The Balaban J connectivity index is 2.29. The van der Waals surface area contributed by atoms with E-state index in [2.05, 4.69) is 11.1 Å². The Morgan fingerprint density at radius 1 is 1.25 bits per heavy atom. The topological polar surface area (TPSA) is 81.5 Å². The number of aryl methyl sites for hydroxylation is 1. The van der Waals surface area contributed by atoms with Crippen molar-refractivity contribution >= 4 is 17.4 Å². The zero-order valence-corrected chi connectivity index (χ0v) is 8.81. The second-order valence-electron chi connectivity index (χ2n) is 3.70. The molecular formula is C12H13N3O. The molecule has 4 N–H and O–H groups in total. The van der Waals surface area contributed by atoms with Crippen LogP contribution in [0.25, 0.3) is 5.57 Å². The Kier molecular flexibility index (Phi) is 2.72. The van der Waals surface area contributed by atoms with Gasteiger partial charge in [-0.15, -0.1) is 0 Å². The molecule has 0 saturated carbocycles. The molecule has 1 amide bonds. The van der Waals surface area contributed by atoms with E-state index in [1.54, 1.807) is 0 Å². The molecule has 0 aromatic heterocycles. The Morgan fingerprint density at radius 3 is 2.75 bits per heavy atom. The second-order valence-corrected chi connectivity index (χ2v) is 3.70.